The van der Waals surface area contributed by atoms with Crippen LogP contribution >= 0.6 is 0 Å². The van der Waals surface area contributed by atoms with Crippen molar-refractivity contribution in [1.82, 2.24) is 10.2 Å². The lowest BCUT2D eigenvalue weighted by atomic mass is 9.73. The van der Waals surface area contributed by atoms with E-state index in [1.54, 1.807) is 0 Å². The second-order valence-corrected chi connectivity index (χ2v) is 6.92. The minimum absolute atomic E-state index is 0.530. The molecule has 0 heterocycles. The van der Waals surface area contributed by atoms with E-state index in [1.165, 1.54) is 58.2 Å². The first-order valence-electron chi connectivity index (χ1n) is 8.50. The summed E-state index contributed by atoms with van der Waals surface area (Å²) in [4.78, 5) is 2.70. The summed E-state index contributed by atoms with van der Waals surface area (Å²) < 4.78 is 0. The Hall–Kier alpha value is -0.0800. The molecule has 1 fully saturated rings. The van der Waals surface area contributed by atoms with Crippen molar-refractivity contribution in [2.24, 2.45) is 5.41 Å². The Labute approximate surface area is 121 Å². The van der Waals surface area contributed by atoms with Gasteiger partial charge in [-0.3, -0.25) is 0 Å². The van der Waals surface area contributed by atoms with Crippen LogP contribution < -0.4 is 5.32 Å². The maximum Gasteiger partial charge on any atom is 0.00644 e. The maximum atomic E-state index is 3.72. The zero-order valence-electron chi connectivity index (χ0n) is 14.0. The van der Waals surface area contributed by atoms with Gasteiger partial charge in [-0.05, 0) is 38.1 Å². The molecule has 1 atom stereocenters. The van der Waals surface area contributed by atoms with E-state index in [0.29, 0.717) is 11.5 Å². The Bertz CT molecular complexity index is 231. The van der Waals surface area contributed by atoms with E-state index >= 15 is 0 Å². The highest BCUT2D eigenvalue weighted by Gasteiger charge is 2.34. The van der Waals surface area contributed by atoms with Crippen molar-refractivity contribution in [2.45, 2.75) is 85.2 Å². The van der Waals surface area contributed by atoms with E-state index in [2.05, 4.69) is 44.8 Å². The first-order valence-corrected chi connectivity index (χ1v) is 8.50. The molecule has 0 bridgehead atoms. The number of rotatable bonds is 8. The van der Waals surface area contributed by atoms with Gasteiger partial charge in [0.2, 0.25) is 0 Å². The van der Waals surface area contributed by atoms with Gasteiger partial charge in [0, 0.05) is 25.2 Å². The van der Waals surface area contributed by atoms with Crippen LogP contribution in [0, 0.1) is 5.41 Å². The lowest BCUT2D eigenvalue weighted by Crippen LogP contribution is -2.48. The van der Waals surface area contributed by atoms with E-state index in [0.717, 1.165) is 6.04 Å². The van der Waals surface area contributed by atoms with Crippen molar-refractivity contribution in [1.29, 1.82) is 0 Å². The SMILES string of the molecule is CCC(C)N(CC)CC1(CNC(C)C)CCCCC1. The van der Waals surface area contributed by atoms with Crippen molar-refractivity contribution in [2.75, 3.05) is 19.6 Å². The van der Waals surface area contributed by atoms with Crippen LogP contribution in [0.1, 0.15) is 73.1 Å². The molecule has 1 unspecified atom stereocenters. The third kappa shape index (κ3) is 5.43. The minimum Gasteiger partial charge on any atom is -0.314 e. The van der Waals surface area contributed by atoms with E-state index in [4.69, 9.17) is 0 Å². The lowest BCUT2D eigenvalue weighted by molar-refractivity contribution is 0.0796. The van der Waals surface area contributed by atoms with Gasteiger partial charge in [0.15, 0.2) is 0 Å². The predicted octanol–water partition coefficient (Wildman–Crippen LogP) is 4.06. The Balaban J connectivity index is 2.66. The number of nitrogens with one attached hydrogen (secondary N) is 1. The second kappa shape index (κ2) is 8.26. The summed E-state index contributed by atoms with van der Waals surface area (Å²) in [5.74, 6) is 0. The summed E-state index contributed by atoms with van der Waals surface area (Å²) in [5, 5.41) is 3.72. The van der Waals surface area contributed by atoms with Crippen molar-refractivity contribution in [3.63, 3.8) is 0 Å². The van der Waals surface area contributed by atoms with Crippen LogP contribution in [0.15, 0.2) is 0 Å². The molecular weight excluding hydrogens is 232 g/mol. The van der Waals surface area contributed by atoms with Gasteiger partial charge in [-0.25, -0.2) is 0 Å². The lowest BCUT2D eigenvalue weighted by Gasteiger charge is -2.43. The molecule has 2 nitrogen and oxygen atoms in total. The van der Waals surface area contributed by atoms with Crippen LogP contribution in [0.5, 0.6) is 0 Å². The third-order valence-electron chi connectivity index (χ3n) is 4.96. The molecule has 0 amide bonds. The Kier molecular flexibility index (Phi) is 7.38. The first kappa shape index (κ1) is 17.0. The smallest absolute Gasteiger partial charge is 0.00644 e. The molecule has 0 radical (unpaired) electrons. The molecule has 1 saturated carbocycles. The number of hydrogen-bond acceptors (Lipinski definition) is 2. The fraction of sp³-hybridized carbons (Fsp3) is 1.00. The molecule has 0 aromatic carbocycles. The highest BCUT2D eigenvalue weighted by atomic mass is 15.2. The largest absolute Gasteiger partial charge is 0.314 e. The maximum absolute atomic E-state index is 3.72. The molecule has 0 aromatic heterocycles. The molecule has 1 rings (SSSR count). The van der Waals surface area contributed by atoms with Crippen LogP contribution in [0.4, 0.5) is 0 Å². The molecule has 0 aliphatic heterocycles. The van der Waals surface area contributed by atoms with Crippen LogP contribution in [0.25, 0.3) is 0 Å². The summed E-state index contributed by atoms with van der Waals surface area (Å²) in [6.07, 6.45) is 8.40. The minimum atomic E-state index is 0.530. The average molecular weight is 268 g/mol. The van der Waals surface area contributed by atoms with Crippen molar-refractivity contribution in [3.8, 4) is 0 Å². The van der Waals surface area contributed by atoms with Gasteiger partial charge >= 0.3 is 0 Å². The van der Waals surface area contributed by atoms with E-state index < -0.39 is 0 Å². The molecule has 114 valence electrons. The number of hydrogen-bond donors (Lipinski definition) is 1. The zero-order valence-corrected chi connectivity index (χ0v) is 14.0. The normalized spacial score (nSPS) is 21.0. The van der Waals surface area contributed by atoms with Gasteiger partial charge in [0.25, 0.3) is 0 Å². The van der Waals surface area contributed by atoms with Crippen molar-refractivity contribution < 1.29 is 0 Å². The van der Waals surface area contributed by atoms with Crippen molar-refractivity contribution >= 4 is 0 Å². The quantitative estimate of drug-likeness (QED) is 0.714. The highest BCUT2D eigenvalue weighted by molar-refractivity contribution is 4.89. The van der Waals surface area contributed by atoms with E-state index in [1.807, 2.05) is 0 Å². The van der Waals surface area contributed by atoms with E-state index in [-0.39, 0.29) is 0 Å². The van der Waals surface area contributed by atoms with Gasteiger partial charge in [0.1, 0.15) is 0 Å². The van der Waals surface area contributed by atoms with Gasteiger partial charge in [-0.2, -0.15) is 0 Å². The van der Waals surface area contributed by atoms with Crippen LogP contribution in [-0.4, -0.2) is 36.6 Å². The van der Waals surface area contributed by atoms with Gasteiger partial charge in [0.05, 0.1) is 0 Å². The fourth-order valence-electron chi connectivity index (χ4n) is 3.38. The molecule has 2 heteroatoms. The first-order chi connectivity index (χ1) is 9.03. The predicted molar refractivity (Wildman–Crippen MR) is 85.7 cm³/mol. The van der Waals surface area contributed by atoms with Crippen LogP contribution in [0.2, 0.25) is 0 Å². The zero-order chi connectivity index (χ0) is 14.3. The summed E-state index contributed by atoms with van der Waals surface area (Å²) >= 11 is 0. The molecule has 1 aliphatic carbocycles. The molecule has 0 spiro atoms. The molecular formula is C17H36N2. The van der Waals surface area contributed by atoms with Crippen LogP contribution in [0.3, 0.4) is 0 Å². The summed E-state index contributed by atoms with van der Waals surface area (Å²) in [7, 11) is 0. The monoisotopic (exact) mass is 268 g/mol. The Morgan fingerprint density at radius 2 is 1.68 bits per heavy atom. The molecule has 0 aromatic rings. The average Bonchev–Trinajstić information content (AvgIpc) is 2.43. The fourth-order valence-corrected chi connectivity index (χ4v) is 3.38. The second-order valence-electron chi connectivity index (χ2n) is 6.92. The summed E-state index contributed by atoms with van der Waals surface area (Å²) in [6, 6.07) is 1.33. The Morgan fingerprint density at radius 3 is 2.16 bits per heavy atom. The third-order valence-corrected chi connectivity index (χ3v) is 4.96. The van der Waals surface area contributed by atoms with E-state index in [9.17, 15) is 0 Å². The van der Waals surface area contributed by atoms with Gasteiger partial charge in [-0.15, -0.1) is 0 Å². The van der Waals surface area contributed by atoms with Gasteiger partial charge < -0.3 is 10.2 Å². The molecule has 1 aliphatic rings. The van der Waals surface area contributed by atoms with Crippen LogP contribution in [-0.2, 0) is 0 Å². The molecule has 0 saturated heterocycles. The highest BCUT2D eigenvalue weighted by Crippen LogP contribution is 2.37. The number of nitrogens with zero attached hydrogens (tertiary/aromatic N) is 1. The molecule has 1 N–H and O–H groups in total. The van der Waals surface area contributed by atoms with Crippen molar-refractivity contribution in [3.05, 3.63) is 0 Å². The van der Waals surface area contributed by atoms with Gasteiger partial charge in [-0.1, -0.05) is 47.0 Å². The topological polar surface area (TPSA) is 15.3 Å². The standard InChI is InChI=1S/C17H36N2/c1-6-16(5)19(7-2)14-17(13-18-15(3)4)11-9-8-10-12-17/h15-16,18H,6-14H2,1-5H3. The Morgan fingerprint density at radius 1 is 1.05 bits per heavy atom. The summed E-state index contributed by atoms with van der Waals surface area (Å²) in [5.41, 5.74) is 0.530. The summed E-state index contributed by atoms with van der Waals surface area (Å²) in [6.45, 7) is 15.2. The molecule has 19 heavy (non-hydrogen) atoms.